The van der Waals surface area contributed by atoms with Gasteiger partial charge in [0.25, 0.3) is 0 Å². The van der Waals surface area contributed by atoms with Gasteiger partial charge in [0.2, 0.25) is 10.0 Å². The van der Waals surface area contributed by atoms with Crippen molar-refractivity contribution in [1.82, 2.24) is 9.97 Å². The molecule has 1 heterocycles. The molecule has 0 atom stereocenters. The Hall–Kier alpha value is -3.09. The maximum Gasteiger partial charge on any atom is 0.335 e. The van der Waals surface area contributed by atoms with Gasteiger partial charge in [0, 0.05) is 21.4 Å². The van der Waals surface area contributed by atoms with E-state index in [2.05, 4.69) is 14.3 Å². The molecule has 4 aromatic rings. The third kappa shape index (κ3) is 2.83. The van der Waals surface area contributed by atoms with Crippen LogP contribution in [0.25, 0.3) is 44.3 Å². The Kier molecular flexibility index (Phi) is 4.07. The number of hydrogen-bond donors (Lipinski definition) is 3. The zero-order valence-corrected chi connectivity index (χ0v) is 16.5. The number of carbonyl (C=O) groups is 1. The number of nitrogens with two attached hydrogens (primary N) is 1. The van der Waals surface area contributed by atoms with Gasteiger partial charge < -0.3 is 5.11 Å². The molecule has 0 saturated carbocycles. The number of primary sulfonamides is 1. The van der Waals surface area contributed by atoms with E-state index in [0.717, 1.165) is 5.39 Å². The minimum absolute atomic E-state index is 0.0758. The number of carboxylic acid groups (broad SMARTS) is 1. The van der Waals surface area contributed by atoms with Crippen molar-refractivity contribution in [2.45, 2.75) is 9.79 Å². The van der Waals surface area contributed by atoms with E-state index in [1.807, 2.05) is 0 Å². The molecule has 5 rings (SSSR count). The highest BCUT2D eigenvalue weighted by molar-refractivity contribution is 7.94. The van der Waals surface area contributed by atoms with Gasteiger partial charge in [-0.2, -0.15) is 4.33 Å². The Bertz CT molecular complexity index is 1520. The van der Waals surface area contributed by atoms with Gasteiger partial charge >= 0.3 is 5.97 Å². The molecule has 1 aliphatic carbocycles. The standard InChI is InChI=1S/C19H11N3O6S2/c20-30(26,27)11-4-9-3-10(29-28-25)6-12-16(9)13(7-11)18-17(12)22-15-5-8(19(23)24)1-2-14(15)21-18/h1-7,25H,(H,23,24)(H2,20,26,27). The molecule has 0 spiro atoms. The summed E-state index contributed by atoms with van der Waals surface area (Å²) in [6, 6.07) is 10.7. The zero-order valence-electron chi connectivity index (χ0n) is 14.9. The Balaban J connectivity index is 1.88. The lowest BCUT2D eigenvalue weighted by Crippen LogP contribution is -2.12. The molecule has 9 nitrogen and oxygen atoms in total. The van der Waals surface area contributed by atoms with Crippen LogP contribution in [0.4, 0.5) is 0 Å². The molecule has 0 aliphatic heterocycles. The van der Waals surface area contributed by atoms with Crippen LogP contribution < -0.4 is 5.14 Å². The lowest BCUT2D eigenvalue weighted by molar-refractivity contribution is -0.116. The summed E-state index contributed by atoms with van der Waals surface area (Å²) in [7, 11) is -3.99. The number of benzene rings is 3. The van der Waals surface area contributed by atoms with Gasteiger partial charge in [-0.15, -0.1) is 0 Å². The first-order valence-electron chi connectivity index (χ1n) is 8.45. The monoisotopic (exact) mass is 441 g/mol. The van der Waals surface area contributed by atoms with E-state index in [1.165, 1.54) is 24.3 Å². The first-order valence-corrected chi connectivity index (χ1v) is 10.7. The second kappa shape index (κ2) is 6.45. The average Bonchev–Trinajstić information content (AvgIpc) is 2.99. The molecule has 0 radical (unpaired) electrons. The summed E-state index contributed by atoms with van der Waals surface area (Å²) < 4.78 is 28.2. The van der Waals surface area contributed by atoms with E-state index in [4.69, 9.17) is 10.4 Å². The summed E-state index contributed by atoms with van der Waals surface area (Å²) >= 11 is 0.690. The highest BCUT2D eigenvalue weighted by Gasteiger charge is 2.28. The van der Waals surface area contributed by atoms with Crippen molar-refractivity contribution in [3.8, 4) is 22.5 Å². The van der Waals surface area contributed by atoms with Crippen LogP contribution in [-0.4, -0.2) is 34.7 Å². The van der Waals surface area contributed by atoms with Crippen molar-refractivity contribution in [3.63, 3.8) is 0 Å². The van der Waals surface area contributed by atoms with Crippen LogP contribution in [0.5, 0.6) is 0 Å². The largest absolute Gasteiger partial charge is 0.478 e. The lowest BCUT2D eigenvalue weighted by atomic mass is 10.0. The van der Waals surface area contributed by atoms with Crippen LogP contribution in [0, 0.1) is 0 Å². The summed E-state index contributed by atoms with van der Waals surface area (Å²) in [5.41, 5.74) is 3.08. The Morgan fingerprint density at radius 2 is 1.70 bits per heavy atom. The molecular weight excluding hydrogens is 430 g/mol. The quantitative estimate of drug-likeness (QED) is 0.217. The summed E-state index contributed by atoms with van der Waals surface area (Å²) in [4.78, 5) is 21.0. The fraction of sp³-hybridized carbons (Fsp3) is 0. The number of carboxylic acids is 1. The van der Waals surface area contributed by atoms with Gasteiger partial charge in [-0.25, -0.2) is 33.6 Å². The number of aromatic nitrogens is 2. The van der Waals surface area contributed by atoms with Gasteiger partial charge in [0.15, 0.2) is 0 Å². The first kappa shape index (κ1) is 18.9. The third-order valence-electron chi connectivity index (χ3n) is 4.88. The van der Waals surface area contributed by atoms with Crippen molar-refractivity contribution in [3.05, 3.63) is 48.0 Å². The average molecular weight is 441 g/mol. The third-order valence-corrected chi connectivity index (χ3v) is 6.27. The van der Waals surface area contributed by atoms with E-state index in [1.54, 1.807) is 18.2 Å². The molecule has 0 saturated heterocycles. The van der Waals surface area contributed by atoms with Crippen LogP contribution in [0.2, 0.25) is 0 Å². The van der Waals surface area contributed by atoms with Crippen LogP contribution in [0.1, 0.15) is 10.4 Å². The predicted molar refractivity (Wildman–Crippen MR) is 109 cm³/mol. The van der Waals surface area contributed by atoms with E-state index in [0.29, 0.717) is 55.9 Å². The van der Waals surface area contributed by atoms with Crippen molar-refractivity contribution in [2.24, 2.45) is 5.14 Å². The van der Waals surface area contributed by atoms with Crippen LogP contribution in [0.15, 0.2) is 52.3 Å². The molecule has 4 N–H and O–H groups in total. The normalized spacial score (nSPS) is 12.5. The van der Waals surface area contributed by atoms with Crippen LogP contribution >= 0.6 is 12.0 Å². The number of hydrogen-bond acceptors (Lipinski definition) is 8. The summed E-state index contributed by atoms with van der Waals surface area (Å²) in [6.07, 6.45) is 0. The van der Waals surface area contributed by atoms with Gasteiger partial charge in [-0.05, 0) is 47.9 Å². The Morgan fingerprint density at radius 3 is 2.37 bits per heavy atom. The number of nitrogens with zero attached hydrogens (tertiary/aromatic N) is 2. The molecule has 0 fully saturated rings. The number of fused-ring (bicyclic) bond motifs is 4. The van der Waals surface area contributed by atoms with E-state index in [-0.39, 0.29) is 10.5 Å². The fourth-order valence-corrected chi connectivity index (χ4v) is 4.65. The van der Waals surface area contributed by atoms with Crippen LogP contribution in [-0.2, 0) is 14.4 Å². The van der Waals surface area contributed by atoms with Crippen molar-refractivity contribution >= 4 is 49.8 Å². The van der Waals surface area contributed by atoms with Crippen molar-refractivity contribution in [2.75, 3.05) is 0 Å². The van der Waals surface area contributed by atoms with Gasteiger partial charge in [-0.3, -0.25) is 0 Å². The molecule has 150 valence electrons. The minimum atomic E-state index is -3.99. The second-order valence-electron chi connectivity index (χ2n) is 6.67. The SMILES string of the molecule is NS(=O)(=O)c1cc2c3c(cc(SOO)cc3c1)-c1nc3cc(C(=O)O)ccc3nc1-2. The first-order chi connectivity index (χ1) is 14.3. The lowest BCUT2D eigenvalue weighted by Gasteiger charge is -2.07. The Morgan fingerprint density at radius 1 is 1.00 bits per heavy atom. The maximum atomic E-state index is 12.0. The maximum absolute atomic E-state index is 12.0. The smallest absolute Gasteiger partial charge is 0.335 e. The van der Waals surface area contributed by atoms with Gasteiger partial charge in [0.05, 0.1) is 44.9 Å². The van der Waals surface area contributed by atoms with Gasteiger partial charge in [-0.1, -0.05) is 0 Å². The number of sulfonamides is 1. The number of aromatic carboxylic acids is 1. The molecule has 3 aromatic carbocycles. The fourth-order valence-electron chi connectivity index (χ4n) is 3.65. The minimum Gasteiger partial charge on any atom is -0.478 e. The molecule has 0 unspecified atom stereocenters. The van der Waals surface area contributed by atoms with Crippen molar-refractivity contribution in [1.29, 1.82) is 0 Å². The predicted octanol–water partition coefficient (Wildman–Crippen LogP) is 3.27. The van der Waals surface area contributed by atoms with E-state index < -0.39 is 16.0 Å². The Labute approximate surface area is 173 Å². The summed E-state index contributed by atoms with van der Waals surface area (Å²) in [6.45, 7) is 0. The highest BCUT2D eigenvalue weighted by atomic mass is 32.2. The molecule has 30 heavy (non-hydrogen) atoms. The molecule has 0 amide bonds. The molecule has 1 aromatic heterocycles. The topological polar surface area (TPSA) is 153 Å². The zero-order chi connectivity index (χ0) is 21.2. The van der Waals surface area contributed by atoms with E-state index in [9.17, 15) is 18.3 Å². The number of rotatable bonds is 4. The van der Waals surface area contributed by atoms with Crippen molar-refractivity contribution < 1.29 is 27.9 Å². The molecule has 0 bridgehead atoms. The summed E-state index contributed by atoms with van der Waals surface area (Å²) in [5.74, 6) is -1.08. The molecule has 11 heteroatoms. The highest BCUT2D eigenvalue weighted by Crippen LogP contribution is 2.48. The second-order valence-corrected chi connectivity index (χ2v) is 9.02. The van der Waals surface area contributed by atoms with E-state index >= 15 is 0 Å². The van der Waals surface area contributed by atoms with Gasteiger partial charge in [0.1, 0.15) is 0 Å². The van der Waals surface area contributed by atoms with Crippen LogP contribution in [0.3, 0.4) is 0 Å². The molecule has 1 aliphatic rings. The summed E-state index contributed by atoms with van der Waals surface area (Å²) in [5, 5.41) is 24.7. The molecular formula is C19H11N3O6S2.